The van der Waals surface area contributed by atoms with Crippen LogP contribution in [0.5, 0.6) is 5.75 Å². The fraction of sp³-hybridized carbons (Fsp3) is 0.346. The van der Waals surface area contributed by atoms with Crippen LogP contribution in [-0.4, -0.2) is 43.4 Å². The van der Waals surface area contributed by atoms with Gasteiger partial charge in [-0.2, -0.15) is 0 Å². The normalized spacial score (nSPS) is 25.8. The van der Waals surface area contributed by atoms with Crippen LogP contribution >= 0.6 is 0 Å². The molecule has 7 heteroatoms. The number of hydrogen-bond acceptors (Lipinski definition) is 7. The third kappa shape index (κ3) is 3.01. The van der Waals surface area contributed by atoms with Crippen molar-refractivity contribution in [1.82, 2.24) is 0 Å². The van der Waals surface area contributed by atoms with Gasteiger partial charge in [0.1, 0.15) is 22.8 Å². The van der Waals surface area contributed by atoms with Crippen LogP contribution < -0.4 is 0 Å². The summed E-state index contributed by atoms with van der Waals surface area (Å²) in [6.45, 7) is 4.31. The number of ketones is 3. The number of aliphatic hydroxyl groups excluding tert-OH is 2. The highest BCUT2D eigenvalue weighted by Gasteiger charge is 2.60. The Balaban J connectivity index is 1.99. The number of rotatable bonds is 1. The molecule has 0 aliphatic heterocycles. The summed E-state index contributed by atoms with van der Waals surface area (Å²) in [5.41, 5.74) is -1.93. The third-order valence-corrected chi connectivity index (χ3v) is 6.69. The average Bonchev–Trinajstić information content (AvgIpc) is 2.74. The number of carbonyl (C=O) groups excluding carboxylic acids is 3. The maximum Gasteiger partial charge on any atom is 0.202 e. The van der Waals surface area contributed by atoms with Crippen LogP contribution in [0.3, 0.4) is 0 Å². The molecule has 0 amide bonds. The van der Waals surface area contributed by atoms with Gasteiger partial charge in [0.25, 0.3) is 0 Å². The number of aromatic hydroxyl groups is 1. The van der Waals surface area contributed by atoms with Gasteiger partial charge in [-0.15, -0.1) is 11.8 Å². The molecule has 3 aliphatic rings. The number of fused-ring (bicyclic) bond motifs is 3. The van der Waals surface area contributed by atoms with Crippen LogP contribution in [0.2, 0.25) is 0 Å². The third-order valence-electron chi connectivity index (χ3n) is 6.69. The van der Waals surface area contributed by atoms with Gasteiger partial charge in [0.2, 0.25) is 5.78 Å². The Hall–Kier alpha value is -3.81. The lowest BCUT2D eigenvalue weighted by molar-refractivity contribution is -0.147. The Bertz CT molecular complexity index is 1340. The molecule has 0 spiro atoms. The maximum atomic E-state index is 13.5. The molecule has 1 saturated carbocycles. The summed E-state index contributed by atoms with van der Waals surface area (Å²) in [6, 6.07) is 1.62. The predicted octanol–water partition coefficient (Wildman–Crippen LogP) is 2.27. The summed E-state index contributed by atoms with van der Waals surface area (Å²) in [5, 5.41) is 44.0. The molecule has 3 atom stereocenters. The number of aliphatic hydroxyl groups is 3. The Kier molecular flexibility index (Phi) is 5.19. The van der Waals surface area contributed by atoms with Crippen molar-refractivity contribution in [3.8, 4) is 29.4 Å². The smallest absolute Gasteiger partial charge is 0.202 e. The van der Waals surface area contributed by atoms with E-state index in [4.69, 9.17) is 0 Å². The van der Waals surface area contributed by atoms with E-state index >= 15 is 0 Å². The fourth-order valence-corrected chi connectivity index (χ4v) is 5.27. The molecule has 4 N–H and O–H groups in total. The second kappa shape index (κ2) is 7.65. The first-order valence-electron chi connectivity index (χ1n) is 10.5. The van der Waals surface area contributed by atoms with Crippen LogP contribution in [-0.2, 0) is 20.8 Å². The molecule has 0 aromatic heterocycles. The first-order chi connectivity index (χ1) is 15.6. The number of Topliss-reactive ketones (excluding diaryl/α,β-unsaturated/α-hetero) is 3. The molecule has 4 rings (SSSR count). The van der Waals surface area contributed by atoms with Gasteiger partial charge in [0.05, 0.1) is 11.1 Å². The van der Waals surface area contributed by atoms with E-state index in [1.165, 1.54) is 0 Å². The molecule has 0 bridgehead atoms. The van der Waals surface area contributed by atoms with Crippen LogP contribution in [0.25, 0.3) is 5.76 Å². The summed E-state index contributed by atoms with van der Waals surface area (Å²) in [7, 11) is 0. The summed E-state index contributed by atoms with van der Waals surface area (Å²) >= 11 is 0. The Morgan fingerprint density at radius 2 is 1.70 bits per heavy atom. The van der Waals surface area contributed by atoms with Gasteiger partial charge < -0.3 is 20.4 Å². The molecule has 0 heterocycles. The van der Waals surface area contributed by atoms with E-state index in [1.54, 1.807) is 19.9 Å². The van der Waals surface area contributed by atoms with Crippen LogP contribution in [0, 0.1) is 35.5 Å². The monoisotopic (exact) mass is 446 g/mol. The topological polar surface area (TPSA) is 132 Å². The second-order valence-electron chi connectivity index (χ2n) is 8.52. The standard InChI is InChI=1S/C26H22O7/c1-4-6-13-8-14(7-5-2)22(29)21-17(13)10-15-9-16-11-18(28)19(12(3)27)24(31)26(16,33)25(32)20(15)23(21)30/h8,15-16,29-31,33H,9-11H2,1-3H3/t15-,16+,26-/m1/s1. The molecule has 0 radical (unpaired) electrons. The summed E-state index contributed by atoms with van der Waals surface area (Å²) in [4.78, 5) is 37.9. The molecule has 0 unspecified atom stereocenters. The molecule has 1 fully saturated rings. The SMILES string of the molecule is CC#Cc1cc(C#CC)c2c(c1O)C(O)=C1C(=O)[C@]3(O)C(O)=C(C(C)=O)C(=O)C[C@@H]3C[C@@H]1C2. The van der Waals surface area contributed by atoms with Crippen LogP contribution in [0.15, 0.2) is 23.0 Å². The van der Waals surface area contributed by atoms with Crippen molar-refractivity contribution < 1.29 is 34.8 Å². The number of carbonyl (C=O) groups is 3. The Labute approximate surface area is 190 Å². The molecule has 1 aromatic rings. The van der Waals surface area contributed by atoms with Gasteiger partial charge in [-0.1, -0.05) is 11.8 Å². The van der Waals surface area contributed by atoms with Gasteiger partial charge in [0.15, 0.2) is 17.2 Å². The molecule has 0 saturated heterocycles. The van der Waals surface area contributed by atoms with Crippen molar-refractivity contribution in [2.75, 3.05) is 0 Å². The number of hydrogen-bond donors (Lipinski definition) is 4. The molecular weight excluding hydrogens is 424 g/mol. The summed E-state index contributed by atoms with van der Waals surface area (Å²) < 4.78 is 0. The van der Waals surface area contributed by atoms with Gasteiger partial charge >= 0.3 is 0 Å². The van der Waals surface area contributed by atoms with Crippen molar-refractivity contribution in [1.29, 1.82) is 0 Å². The minimum Gasteiger partial charge on any atom is -0.508 e. The number of benzene rings is 1. The van der Waals surface area contributed by atoms with Crippen LogP contribution in [0.4, 0.5) is 0 Å². The zero-order chi connectivity index (χ0) is 24.2. The van der Waals surface area contributed by atoms with Crippen molar-refractivity contribution in [2.24, 2.45) is 11.8 Å². The maximum absolute atomic E-state index is 13.5. The van der Waals surface area contributed by atoms with Gasteiger partial charge in [-0.3, -0.25) is 14.4 Å². The van der Waals surface area contributed by atoms with E-state index in [2.05, 4.69) is 23.7 Å². The quantitative estimate of drug-likeness (QED) is 0.384. The van der Waals surface area contributed by atoms with Gasteiger partial charge in [0, 0.05) is 23.5 Å². The van der Waals surface area contributed by atoms with E-state index in [9.17, 15) is 34.8 Å². The molecule has 3 aliphatic carbocycles. The highest BCUT2D eigenvalue weighted by molar-refractivity contribution is 6.23. The van der Waals surface area contributed by atoms with E-state index in [-0.39, 0.29) is 41.7 Å². The predicted molar refractivity (Wildman–Crippen MR) is 118 cm³/mol. The number of phenolic OH excluding ortho intramolecular Hbond substituents is 1. The van der Waals surface area contributed by atoms with E-state index in [0.717, 1.165) is 6.92 Å². The number of allylic oxidation sites excluding steroid dienone is 1. The molecule has 7 nitrogen and oxygen atoms in total. The first-order valence-corrected chi connectivity index (χ1v) is 10.5. The van der Waals surface area contributed by atoms with Crippen molar-refractivity contribution in [3.05, 3.63) is 45.2 Å². The van der Waals surface area contributed by atoms with E-state index in [0.29, 0.717) is 11.1 Å². The van der Waals surface area contributed by atoms with Crippen LogP contribution in [0.1, 0.15) is 55.9 Å². The first kappa shape index (κ1) is 22.4. The molecule has 33 heavy (non-hydrogen) atoms. The van der Waals surface area contributed by atoms with Crippen molar-refractivity contribution in [3.63, 3.8) is 0 Å². The minimum atomic E-state index is -2.51. The number of phenols is 1. The van der Waals surface area contributed by atoms with Crippen molar-refractivity contribution >= 4 is 23.1 Å². The van der Waals surface area contributed by atoms with E-state index in [1.807, 2.05) is 0 Å². The highest BCUT2D eigenvalue weighted by atomic mass is 16.3. The van der Waals surface area contributed by atoms with Crippen molar-refractivity contribution in [2.45, 2.75) is 45.6 Å². The molecule has 1 aromatic carbocycles. The minimum absolute atomic E-state index is 0.0109. The summed E-state index contributed by atoms with van der Waals surface area (Å²) in [5.74, 6) is 5.48. The zero-order valence-electron chi connectivity index (χ0n) is 18.4. The fourth-order valence-electron chi connectivity index (χ4n) is 5.27. The van der Waals surface area contributed by atoms with Gasteiger partial charge in [-0.25, -0.2) is 0 Å². The second-order valence-corrected chi connectivity index (χ2v) is 8.52. The lowest BCUT2D eigenvalue weighted by Gasteiger charge is -2.46. The van der Waals surface area contributed by atoms with Gasteiger partial charge in [-0.05, 0) is 51.2 Å². The average molecular weight is 446 g/mol. The lowest BCUT2D eigenvalue weighted by Crippen LogP contribution is -2.57. The molecular formula is C26H22O7. The highest BCUT2D eigenvalue weighted by Crippen LogP contribution is 2.52. The van der Waals surface area contributed by atoms with E-state index < -0.39 is 51.9 Å². The lowest BCUT2D eigenvalue weighted by atomic mass is 9.59. The Morgan fingerprint density at radius 1 is 1.06 bits per heavy atom. The summed E-state index contributed by atoms with van der Waals surface area (Å²) in [6.07, 6.45) is 0.0531. The Morgan fingerprint density at radius 3 is 2.30 bits per heavy atom. The largest absolute Gasteiger partial charge is 0.508 e. The molecule has 168 valence electrons. The zero-order valence-corrected chi connectivity index (χ0v) is 18.4.